The Balaban J connectivity index is 2.08. The zero-order valence-corrected chi connectivity index (χ0v) is 8.90. The van der Waals surface area contributed by atoms with E-state index in [9.17, 15) is 4.79 Å². The van der Waals surface area contributed by atoms with Crippen molar-refractivity contribution in [2.45, 2.75) is 32.2 Å². The molecule has 0 saturated heterocycles. The molecule has 0 aromatic carbocycles. The molecular formula is C11H17NO3. The average molecular weight is 211 g/mol. The molecule has 0 aliphatic rings. The van der Waals surface area contributed by atoms with Gasteiger partial charge in [-0.25, -0.2) is 0 Å². The van der Waals surface area contributed by atoms with Crippen LogP contribution >= 0.6 is 0 Å². The lowest BCUT2D eigenvalue weighted by atomic mass is 10.2. The zero-order chi connectivity index (χ0) is 11.1. The molecule has 0 amide bonds. The van der Waals surface area contributed by atoms with E-state index in [0.717, 1.165) is 18.7 Å². The molecule has 4 heteroatoms. The first-order chi connectivity index (χ1) is 7.18. The fraction of sp³-hybridized carbons (Fsp3) is 0.545. The van der Waals surface area contributed by atoms with Crippen molar-refractivity contribution in [2.75, 3.05) is 6.54 Å². The first-order valence-corrected chi connectivity index (χ1v) is 5.16. The van der Waals surface area contributed by atoms with Gasteiger partial charge in [0.1, 0.15) is 5.76 Å². The van der Waals surface area contributed by atoms with Crippen molar-refractivity contribution < 1.29 is 14.3 Å². The van der Waals surface area contributed by atoms with Crippen LogP contribution in [-0.2, 0) is 11.2 Å². The van der Waals surface area contributed by atoms with Crippen LogP contribution in [0.5, 0.6) is 0 Å². The third-order valence-electron chi connectivity index (χ3n) is 2.15. The summed E-state index contributed by atoms with van der Waals surface area (Å²) in [5.41, 5.74) is 0. The Kier molecular flexibility index (Phi) is 4.90. The molecule has 1 rings (SSSR count). The molecule has 1 aromatic rings. The highest BCUT2D eigenvalue weighted by atomic mass is 16.4. The van der Waals surface area contributed by atoms with E-state index < -0.39 is 5.97 Å². The summed E-state index contributed by atoms with van der Waals surface area (Å²) in [6.45, 7) is 2.79. The number of nitrogens with one attached hydrogen (secondary N) is 1. The number of aliphatic carboxylic acids is 1. The fourth-order valence-corrected chi connectivity index (χ4v) is 1.39. The van der Waals surface area contributed by atoms with Gasteiger partial charge in [0.15, 0.2) is 0 Å². The predicted octanol–water partition coefficient (Wildman–Crippen LogP) is 1.67. The van der Waals surface area contributed by atoms with Gasteiger partial charge in [-0.05, 0) is 32.0 Å². The number of hydrogen-bond acceptors (Lipinski definition) is 3. The summed E-state index contributed by atoms with van der Waals surface area (Å²) in [5, 5.41) is 11.7. The Labute approximate surface area is 89.3 Å². The molecule has 0 radical (unpaired) electrons. The maximum absolute atomic E-state index is 10.3. The molecule has 0 aliphatic heterocycles. The molecule has 0 bridgehead atoms. The van der Waals surface area contributed by atoms with Crippen molar-refractivity contribution in [3.63, 3.8) is 0 Å². The normalized spacial score (nSPS) is 12.6. The van der Waals surface area contributed by atoms with Gasteiger partial charge >= 0.3 is 5.97 Å². The number of rotatable bonds is 7. The van der Waals surface area contributed by atoms with Crippen LogP contribution in [0, 0.1) is 0 Å². The number of furan rings is 1. The van der Waals surface area contributed by atoms with E-state index >= 15 is 0 Å². The molecule has 2 N–H and O–H groups in total. The summed E-state index contributed by atoms with van der Waals surface area (Å²) >= 11 is 0. The van der Waals surface area contributed by atoms with Gasteiger partial charge in [-0.3, -0.25) is 4.79 Å². The second kappa shape index (κ2) is 6.24. The first-order valence-electron chi connectivity index (χ1n) is 5.16. The monoisotopic (exact) mass is 211 g/mol. The molecule has 0 spiro atoms. The van der Waals surface area contributed by atoms with Gasteiger partial charge in [-0.15, -0.1) is 0 Å². The Morgan fingerprint density at radius 2 is 2.47 bits per heavy atom. The zero-order valence-electron chi connectivity index (χ0n) is 8.90. The SMILES string of the molecule is CC(Cc1ccco1)NCCCC(=O)O. The molecule has 1 unspecified atom stereocenters. The number of hydrogen-bond donors (Lipinski definition) is 2. The van der Waals surface area contributed by atoms with Gasteiger partial charge < -0.3 is 14.8 Å². The van der Waals surface area contributed by atoms with Crippen molar-refractivity contribution in [3.05, 3.63) is 24.2 Å². The second-order valence-electron chi connectivity index (χ2n) is 3.64. The Morgan fingerprint density at radius 1 is 1.67 bits per heavy atom. The topological polar surface area (TPSA) is 62.5 Å². The Bertz CT molecular complexity index is 282. The molecule has 0 fully saturated rings. The number of carboxylic acids is 1. The van der Waals surface area contributed by atoms with Gasteiger partial charge in [0.05, 0.1) is 6.26 Å². The van der Waals surface area contributed by atoms with Gasteiger partial charge in [0, 0.05) is 18.9 Å². The standard InChI is InChI=1S/C11H17NO3/c1-9(8-10-4-3-7-15-10)12-6-2-5-11(13)14/h3-4,7,9,12H,2,5-6,8H2,1H3,(H,13,14). The summed E-state index contributed by atoms with van der Waals surface area (Å²) in [5.74, 6) is 0.212. The minimum Gasteiger partial charge on any atom is -0.481 e. The second-order valence-corrected chi connectivity index (χ2v) is 3.64. The largest absolute Gasteiger partial charge is 0.481 e. The summed E-state index contributed by atoms with van der Waals surface area (Å²) in [6.07, 6.45) is 3.38. The molecule has 1 atom stereocenters. The highest BCUT2D eigenvalue weighted by molar-refractivity contribution is 5.66. The van der Waals surface area contributed by atoms with E-state index in [1.807, 2.05) is 12.1 Å². The number of carboxylic acid groups (broad SMARTS) is 1. The molecule has 0 aliphatic carbocycles. The molecule has 0 saturated carbocycles. The lowest BCUT2D eigenvalue weighted by molar-refractivity contribution is -0.137. The summed E-state index contributed by atoms with van der Waals surface area (Å²) in [6, 6.07) is 4.12. The Morgan fingerprint density at radius 3 is 3.07 bits per heavy atom. The van der Waals surface area contributed by atoms with Crippen LogP contribution in [0.4, 0.5) is 0 Å². The highest BCUT2D eigenvalue weighted by Gasteiger charge is 2.04. The van der Waals surface area contributed by atoms with Crippen LogP contribution in [-0.4, -0.2) is 23.7 Å². The average Bonchev–Trinajstić information content (AvgIpc) is 2.64. The first kappa shape index (κ1) is 11.8. The van der Waals surface area contributed by atoms with Crippen LogP contribution in [0.15, 0.2) is 22.8 Å². The predicted molar refractivity (Wildman–Crippen MR) is 56.7 cm³/mol. The summed E-state index contributed by atoms with van der Waals surface area (Å²) in [7, 11) is 0. The van der Waals surface area contributed by atoms with Crippen molar-refractivity contribution >= 4 is 5.97 Å². The van der Waals surface area contributed by atoms with Crippen LogP contribution in [0.1, 0.15) is 25.5 Å². The number of carbonyl (C=O) groups is 1. The van der Waals surface area contributed by atoms with Crippen LogP contribution < -0.4 is 5.32 Å². The van der Waals surface area contributed by atoms with Gasteiger partial charge in [0.2, 0.25) is 0 Å². The van der Waals surface area contributed by atoms with E-state index in [2.05, 4.69) is 12.2 Å². The van der Waals surface area contributed by atoms with Crippen molar-refractivity contribution in [3.8, 4) is 0 Å². The fourth-order valence-electron chi connectivity index (χ4n) is 1.39. The van der Waals surface area contributed by atoms with E-state index in [-0.39, 0.29) is 6.42 Å². The van der Waals surface area contributed by atoms with Crippen molar-refractivity contribution in [2.24, 2.45) is 0 Å². The van der Waals surface area contributed by atoms with Crippen molar-refractivity contribution in [1.82, 2.24) is 5.32 Å². The lowest BCUT2D eigenvalue weighted by Gasteiger charge is -2.11. The summed E-state index contributed by atoms with van der Waals surface area (Å²) < 4.78 is 5.21. The maximum Gasteiger partial charge on any atom is 0.303 e. The van der Waals surface area contributed by atoms with Gasteiger partial charge in [0.25, 0.3) is 0 Å². The van der Waals surface area contributed by atoms with Crippen LogP contribution in [0.3, 0.4) is 0 Å². The van der Waals surface area contributed by atoms with Crippen LogP contribution in [0.2, 0.25) is 0 Å². The minimum atomic E-state index is -0.740. The van der Waals surface area contributed by atoms with Gasteiger partial charge in [-0.1, -0.05) is 0 Å². The molecular weight excluding hydrogens is 194 g/mol. The highest BCUT2D eigenvalue weighted by Crippen LogP contribution is 2.03. The molecule has 1 heterocycles. The molecule has 15 heavy (non-hydrogen) atoms. The third-order valence-corrected chi connectivity index (χ3v) is 2.15. The van der Waals surface area contributed by atoms with E-state index in [1.165, 1.54) is 0 Å². The van der Waals surface area contributed by atoms with E-state index in [4.69, 9.17) is 9.52 Å². The smallest absolute Gasteiger partial charge is 0.303 e. The quantitative estimate of drug-likeness (QED) is 0.673. The van der Waals surface area contributed by atoms with E-state index in [1.54, 1.807) is 6.26 Å². The van der Waals surface area contributed by atoms with E-state index in [0.29, 0.717) is 12.5 Å². The minimum absolute atomic E-state index is 0.223. The molecule has 84 valence electrons. The molecule has 1 aromatic heterocycles. The lowest BCUT2D eigenvalue weighted by Crippen LogP contribution is -2.29. The Hall–Kier alpha value is -1.29. The maximum atomic E-state index is 10.3. The molecule has 4 nitrogen and oxygen atoms in total. The van der Waals surface area contributed by atoms with Gasteiger partial charge in [-0.2, -0.15) is 0 Å². The third kappa shape index (κ3) is 5.22. The van der Waals surface area contributed by atoms with Crippen LogP contribution in [0.25, 0.3) is 0 Å². The summed E-state index contributed by atoms with van der Waals surface area (Å²) in [4.78, 5) is 10.3. The van der Waals surface area contributed by atoms with Crippen molar-refractivity contribution in [1.29, 1.82) is 0 Å².